The van der Waals surface area contributed by atoms with Crippen molar-refractivity contribution in [1.29, 1.82) is 0 Å². The minimum Gasteiger partial charge on any atom is -0.399 e. The van der Waals surface area contributed by atoms with Crippen molar-refractivity contribution < 1.29 is 8.42 Å². The Morgan fingerprint density at radius 1 is 1.33 bits per heavy atom. The molecule has 6 nitrogen and oxygen atoms in total. The topological polar surface area (TPSA) is 90.0 Å². The number of anilines is 1. The second-order valence-electron chi connectivity index (χ2n) is 5.05. The number of hydrogen-bond acceptors (Lipinski definition) is 4. The fourth-order valence-electron chi connectivity index (χ4n) is 2.17. The van der Waals surface area contributed by atoms with Crippen molar-refractivity contribution in [2.75, 3.05) is 12.3 Å². The molecule has 3 N–H and O–H groups in total. The number of hydrogen-bond donors (Lipinski definition) is 2. The first kappa shape index (κ1) is 15.5. The summed E-state index contributed by atoms with van der Waals surface area (Å²) < 4.78 is 29.1. The van der Waals surface area contributed by atoms with Crippen LogP contribution in [0.2, 0.25) is 0 Å². The van der Waals surface area contributed by atoms with E-state index < -0.39 is 10.0 Å². The number of nitrogens with zero attached hydrogens (tertiary/aromatic N) is 2. The van der Waals surface area contributed by atoms with E-state index in [1.54, 1.807) is 23.9 Å². The summed E-state index contributed by atoms with van der Waals surface area (Å²) in [5, 5.41) is 4.05. The number of rotatable bonds is 5. The third-order valence-corrected chi connectivity index (χ3v) is 5.11. The van der Waals surface area contributed by atoms with E-state index in [2.05, 4.69) is 9.82 Å². The first-order chi connectivity index (χ1) is 9.81. The third kappa shape index (κ3) is 3.43. The van der Waals surface area contributed by atoms with Gasteiger partial charge in [-0.1, -0.05) is 0 Å². The smallest absolute Gasteiger partial charge is 0.240 e. The van der Waals surface area contributed by atoms with Gasteiger partial charge in [-0.25, -0.2) is 13.1 Å². The minimum atomic E-state index is -3.56. The van der Waals surface area contributed by atoms with Crippen molar-refractivity contribution in [2.45, 2.75) is 25.2 Å². The van der Waals surface area contributed by atoms with Crippen LogP contribution in [-0.2, 0) is 23.5 Å². The van der Waals surface area contributed by atoms with E-state index in [0.29, 0.717) is 18.7 Å². The van der Waals surface area contributed by atoms with Gasteiger partial charge in [-0.15, -0.1) is 0 Å². The van der Waals surface area contributed by atoms with Crippen molar-refractivity contribution in [3.63, 3.8) is 0 Å². The minimum absolute atomic E-state index is 0.241. The van der Waals surface area contributed by atoms with Crippen LogP contribution in [0.25, 0.3) is 0 Å². The molecule has 0 fully saturated rings. The highest BCUT2D eigenvalue weighted by Crippen LogP contribution is 2.22. The van der Waals surface area contributed by atoms with Crippen molar-refractivity contribution in [3.05, 3.63) is 41.2 Å². The van der Waals surface area contributed by atoms with Crippen molar-refractivity contribution in [1.82, 2.24) is 14.5 Å². The Kier molecular flexibility index (Phi) is 4.34. The lowest BCUT2D eigenvalue weighted by Crippen LogP contribution is -2.27. The monoisotopic (exact) mass is 308 g/mol. The zero-order chi connectivity index (χ0) is 15.6. The molecule has 0 saturated heterocycles. The Bertz CT molecular complexity index is 750. The lowest BCUT2D eigenvalue weighted by molar-refractivity contribution is 0.579. The van der Waals surface area contributed by atoms with Gasteiger partial charge in [-0.3, -0.25) is 4.68 Å². The van der Waals surface area contributed by atoms with Crippen molar-refractivity contribution in [2.24, 2.45) is 7.05 Å². The van der Waals surface area contributed by atoms with E-state index in [0.717, 1.165) is 16.8 Å². The first-order valence-corrected chi connectivity index (χ1v) is 8.13. The largest absolute Gasteiger partial charge is 0.399 e. The molecule has 1 aromatic carbocycles. The summed E-state index contributed by atoms with van der Waals surface area (Å²) in [4.78, 5) is 0.241. The van der Waals surface area contributed by atoms with Crippen LogP contribution >= 0.6 is 0 Å². The molecule has 0 radical (unpaired) electrons. The Hall–Kier alpha value is -1.86. The molecule has 0 aliphatic rings. The summed E-state index contributed by atoms with van der Waals surface area (Å²) in [6.07, 6.45) is 2.27. The van der Waals surface area contributed by atoms with E-state index in [-0.39, 0.29) is 4.90 Å². The molecular weight excluding hydrogens is 288 g/mol. The molecule has 0 amide bonds. The fraction of sp³-hybridized carbons (Fsp3) is 0.357. The molecule has 21 heavy (non-hydrogen) atoms. The first-order valence-electron chi connectivity index (χ1n) is 6.64. The van der Waals surface area contributed by atoms with Gasteiger partial charge in [-0.2, -0.15) is 5.10 Å². The second-order valence-corrected chi connectivity index (χ2v) is 6.79. The zero-order valence-corrected chi connectivity index (χ0v) is 13.2. The lowest BCUT2D eigenvalue weighted by Gasteiger charge is -2.12. The van der Waals surface area contributed by atoms with Gasteiger partial charge < -0.3 is 5.73 Å². The Morgan fingerprint density at radius 2 is 2.05 bits per heavy atom. The molecule has 0 aliphatic carbocycles. The standard InChI is InChI=1S/C14H20N4O2S/c1-10-8-12(15)9-14(11(10)2)21(19,20)17-7-5-13-4-6-16-18(13)3/h4,6,8-9,17H,5,7,15H2,1-3H3. The fourth-order valence-corrected chi connectivity index (χ4v) is 3.55. The quantitative estimate of drug-likeness (QED) is 0.811. The number of nitrogen functional groups attached to an aromatic ring is 1. The van der Waals surface area contributed by atoms with Crippen LogP contribution < -0.4 is 10.5 Å². The second kappa shape index (κ2) is 5.87. The maximum Gasteiger partial charge on any atom is 0.240 e. The molecule has 0 aliphatic heterocycles. The van der Waals surface area contributed by atoms with E-state index in [4.69, 9.17) is 5.73 Å². The van der Waals surface area contributed by atoms with E-state index in [1.165, 1.54) is 6.07 Å². The summed E-state index contributed by atoms with van der Waals surface area (Å²) >= 11 is 0. The predicted molar refractivity (Wildman–Crippen MR) is 82.4 cm³/mol. The molecule has 1 heterocycles. The van der Waals surface area contributed by atoms with Crippen molar-refractivity contribution >= 4 is 15.7 Å². The number of nitrogens with two attached hydrogens (primary N) is 1. The normalized spacial score (nSPS) is 11.8. The van der Waals surface area contributed by atoms with Crippen LogP contribution in [0.1, 0.15) is 16.8 Å². The maximum absolute atomic E-state index is 12.4. The number of nitrogens with one attached hydrogen (secondary N) is 1. The molecule has 2 rings (SSSR count). The molecule has 7 heteroatoms. The van der Waals surface area contributed by atoms with Gasteiger partial charge in [0.25, 0.3) is 0 Å². The molecule has 0 unspecified atom stereocenters. The number of sulfonamides is 1. The van der Waals surface area contributed by atoms with E-state index >= 15 is 0 Å². The Balaban J connectivity index is 2.14. The molecule has 0 bridgehead atoms. The number of benzene rings is 1. The van der Waals surface area contributed by atoms with Gasteiger partial charge in [0, 0.05) is 37.6 Å². The van der Waals surface area contributed by atoms with Gasteiger partial charge in [0.05, 0.1) is 4.90 Å². The van der Waals surface area contributed by atoms with Gasteiger partial charge in [0.15, 0.2) is 0 Å². The molecule has 0 saturated carbocycles. The summed E-state index contributed by atoms with van der Waals surface area (Å²) in [6.45, 7) is 3.94. The summed E-state index contributed by atoms with van der Waals surface area (Å²) in [6, 6.07) is 5.13. The van der Waals surface area contributed by atoms with E-state index in [9.17, 15) is 8.42 Å². The van der Waals surface area contributed by atoms with Crippen LogP contribution in [0.3, 0.4) is 0 Å². The molecule has 0 atom stereocenters. The highest BCUT2D eigenvalue weighted by atomic mass is 32.2. The molecule has 114 valence electrons. The predicted octanol–water partition coefficient (Wildman–Crippen LogP) is 1.14. The summed E-state index contributed by atoms with van der Waals surface area (Å²) in [5.74, 6) is 0. The van der Waals surface area contributed by atoms with Crippen LogP contribution in [0.4, 0.5) is 5.69 Å². The van der Waals surface area contributed by atoms with E-state index in [1.807, 2.05) is 20.0 Å². The van der Waals surface area contributed by atoms with Crippen LogP contribution in [0, 0.1) is 13.8 Å². The highest BCUT2D eigenvalue weighted by Gasteiger charge is 2.18. The SMILES string of the molecule is Cc1cc(N)cc(S(=O)(=O)NCCc2ccnn2C)c1C. The molecule has 1 aromatic heterocycles. The van der Waals surface area contributed by atoms with Gasteiger partial charge >= 0.3 is 0 Å². The number of aromatic nitrogens is 2. The average molecular weight is 308 g/mol. The van der Waals surface area contributed by atoms with Crippen LogP contribution in [-0.4, -0.2) is 24.7 Å². The van der Waals surface area contributed by atoms with Crippen LogP contribution in [0.5, 0.6) is 0 Å². The Morgan fingerprint density at radius 3 is 2.67 bits per heavy atom. The van der Waals surface area contributed by atoms with Gasteiger partial charge in [-0.05, 0) is 43.2 Å². The van der Waals surface area contributed by atoms with Gasteiger partial charge in [0.2, 0.25) is 10.0 Å². The molecular formula is C14H20N4O2S. The molecule has 0 spiro atoms. The van der Waals surface area contributed by atoms with Gasteiger partial charge in [0.1, 0.15) is 0 Å². The summed E-state index contributed by atoms with van der Waals surface area (Å²) in [7, 11) is -1.73. The number of aryl methyl sites for hydroxylation is 2. The average Bonchev–Trinajstić information content (AvgIpc) is 2.79. The third-order valence-electron chi connectivity index (χ3n) is 3.53. The molecule has 2 aromatic rings. The van der Waals surface area contributed by atoms with Crippen LogP contribution in [0.15, 0.2) is 29.3 Å². The highest BCUT2D eigenvalue weighted by molar-refractivity contribution is 7.89. The van der Waals surface area contributed by atoms with Crippen molar-refractivity contribution in [3.8, 4) is 0 Å². The lowest BCUT2D eigenvalue weighted by atomic mass is 10.1. The maximum atomic E-state index is 12.4. The Labute approximate surface area is 125 Å². The zero-order valence-electron chi connectivity index (χ0n) is 12.4. The summed E-state index contributed by atoms with van der Waals surface area (Å²) in [5.41, 5.74) is 8.75.